The first kappa shape index (κ1) is 14.6. The maximum atomic E-state index is 11.4. The van der Waals surface area contributed by atoms with Crippen LogP contribution in [0.4, 0.5) is 10.5 Å². The van der Waals surface area contributed by atoms with E-state index in [0.29, 0.717) is 5.56 Å². The number of rotatable bonds is 4. The number of nitro groups is 1. The van der Waals surface area contributed by atoms with E-state index in [2.05, 4.69) is 10.6 Å². The van der Waals surface area contributed by atoms with Crippen molar-refractivity contribution in [2.24, 2.45) is 5.92 Å². The van der Waals surface area contributed by atoms with E-state index in [9.17, 15) is 19.7 Å². The molecule has 0 atom stereocenters. The van der Waals surface area contributed by atoms with Gasteiger partial charge in [0.2, 0.25) is 5.91 Å². The van der Waals surface area contributed by atoms with Gasteiger partial charge < -0.3 is 5.32 Å². The van der Waals surface area contributed by atoms with Crippen molar-refractivity contribution in [1.29, 1.82) is 0 Å². The molecule has 0 aliphatic heterocycles. The van der Waals surface area contributed by atoms with Gasteiger partial charge in [0, 0.05) is 24.6 Å². The molecule has 0 radical (unpaired) electrons. The van der Waals surface area contributed by atoms with Crippen molar-refractivity contribution in [3.63, 3.8) is 0 Å². The molecule has 7 nitrogen and oxygen atoms in total. The van der Waals surface area contributed by atoms with Crippen molar-refractivity contribution in [3.05, 3.63) is 39.9 Å². The number of imide groups is 1. The van der Waals surface area contributed by atoms with Crippen LogP contribution < -0.4 is 10.6 Å². The molecule has 0 heterocycles. The van der Waals surface area contributed by atoms with E-state index in [-0.39, 0.29) is 24.1 Å². The molecule has 0 aromatic heterocycles. The minimum Gasteiger partial charge on any atom is -0.334 e. The Balaban J connectivity index is 2.53. The quantitative estimate of drug-likeness (QED) is 0.637. The third-order valence-electron chi connectivity index (χ3n) is 2.34. The summed E-state index contributed by atoms with van der Waals surface area (Å²) < 4.78 is 0. The topological polar surface area (TPSA) is 101 Å². The molecule has 0 bridgehead atoms. The number of carbonyl (C=O) groups is 2. The van der Waals surface area contributed by atoms with Gasteiger partial charge in [0.05, 0.1) is 4.92 Å². The monoisotopic (exact) mass is 265 g/mol. The molecule has 0 aliphatic rings. The van der Waals surface area contributed by atoms with Gasteiger partial charge in [-0.3, -0.25) is 20.2 Å². The highest BCUT2D eigenvalue weighted by molar-refractivity contribution is 5.95. The summed E-state index contributed by atoms with van der Waals surface area (Å²) in [5.74, 6) is -0.667. The number of hydrogen-bond acceptors (Lipinski definition) is 4. The molecule has 1 rings (SSSR count). The Morgan fingerprint density at radius 2 is 2.05 bits per heavy atom. The maximum absolute atomic E-state index is 11.4. The predicted molar refractivity (Wildman–Crippen MR) is 68.3 cm³/mol. The highest BCUT2D eigenvalue weighted by atomic mass is 16.6. The molecule has 7 heteroatoms. The number of nitrogens with zero attached hydrogens (tertiary/aromatic N) is 1. The second kappa shape index (κ2) is 6.48. The SMILES string of the molecule is CC(C)C(=O)NC(=O)NCc1cccc([N+](=O)[O-])c1. The normalized spacial score (nSPS) is 10.1. The lowest BCUT2D eigenvalue weighted by Crippen LogP contribution is -2.40. The van der Waals surface area contributed by atoms with Crippen LogP contribution in [-0.2, 0) is 11.3 Å². The summed E-state index contributed by atoms with van der Waals surface area (Å²) in [5.41, 5.74) is 0.541. The van der Waals surface area contributed by atoms with E-state index in [1.165, 1.54) is 18.2 Å². The summed E-state index contributed by atoms with van der Waals surface area (Å²) in [5, 5.41) is 15.2. The molecule has 0 spiro atoms. The van der Waals surface area contributed by atoms with Gasteiger partial charge in [0.15, 0.2) is 0 Å². The van der Waals surface area contributed by atoms with Crippen molar-refractivity contribution < 1.29 is 14.5 Å². The summed E-state index contributed by atoms with van der Waals surface area (Å²) >= 11 is 0. The zero-order valence-electron chi connectivity index (χ0n) is 10.7. The molecule has 102 valence electrons. The molecular formula is C12H15N3O4. The third kappa shape index (κ3) is 4.74. The van der Waals surface area contributed by atoms with Crippen LogP contribution in [0.25, 0.3) is 0 Å². The van der Waals surface area contributed by atoms with Crippen LogP contribution in [0, 0.1) is 16.0 Å². The average molecular weight is 265 g/mol. The molecule has 0 aliphatic carbocycles. The Labute approximate surface area is 110 Å². The van der Waals surface area contributed by atoms with Crippen LogP contribution in [0.15, 0.2) is 24.3 Å². The fourth-order valence-corrected chi connectivity index (χ4v) is 1.26. The van der Waals surface area contributed by atoms with E-state index < -0.39 is 11.0 Å². The number of amides is 3. The molecule has 2 N–H and O–H groups in total. The van der Waals surface area contributed by atoms with Crippen LogP contribution in [-0.4, -0.2) is 16.9 Å². The zero-order chi connectivity index (χ0) is 14.4. The van der Waals surface area contributed by atoms with Crippen LogP contribution in [0.1, 0.15) is 19.4 Å². The molecule has 19 heavy (non-hydrogen) atoms. The number of urea groups is 1. The fraction of sp³-hybridized carbons (Fsp3) is 0.333. The molecule has 0 saturated carbocycles. The maximum Gasteiger partial charge on any atom is 0.321 e. The molecule has 0 saturated heterocycles. The van der Waals surface area contributed by atoms with Gasteiger partial charge in [-0.2, -0.15) is 0 Å². The highest BCUT2D eigenvalue weighted by Gasteiger charge is 2.11. The Hall–Kier alpha value is -2.44. The summed E-state index contributed by atoms with van der Waals surface area (Å²) in [6.07, 6.45) is 0. The lowest BCUT2D eigenvalue weighted by atomic mass is 10.2. The second-order valence-corrected chi connectivity index (χ2v) is 4.25. The largest absolute Gasteiger partial charge is 0.334 e. The van der Waals surface area contributed by atoms with Crippen molar-refractivity contribution >= 4 is 17.6 Å². The van der Waals surface area contributed by atoms with E-state index in [1.807, 2.05) is 0 Å². The summed E-state index contributed by atoms with van der Waals surface area (Å²) in [6.45, 7) is 3.45. The van der Waals surface area contributed by atoms with E-state index >= 15 is 0 Å². The Morgan fingerprint density at radius 3 is 2.63 bits per heavy atom. The number of nitrogens with one attached hydrogen (secondary N) is 2. The van der Waals surface area contributed by atoms with Gasteiger partial charge in [-0.1, -0.05) is 26.0 Å². The zero-order valence-corrected chi connectivity index (χ0v) is 10.7. The van der Waals surface area contributed by atoms with Gasteiger partial charge in [0.25, 0.3) is 5.69 Å². The van der Waals surface area contributed by atoms with Crippen LogP contribution in [0.2, 0.25) is 0 Å². The van der Waals surface area contributed by atoms with Gasteiger partial charge in [-0.25, -0.2) is 4.79 Å². The number of hydrogen-bond donors (Lipinski definition) is 2. The smallest absolute Gasteiger partial charge is 0.321 e. The van der Waals surface area contributed by atoms with Gasteiger partial charge in [0.1, 0.15) is 0 Å². The molecular weight excluding hydrogens is 250 g/mol. The average Bonchev–Trinajstić information content (AvgIpc) is 2.36. The Bertz CT molecular complexity index is 500. The van der Waals surface area contributed by atoms with Gasteiger partial charge in [-0.05, 0) is 5.56 Å². The predicted octanol–water partition coefficient (Wildman–Crippen LogP) is 1.58. The van der Waals surface area contributed by atoms with E-state index in [0.717, 1.165) is 0 Å². The van der Waals surface area contributed by atoms with Crippen molar-refractivity contribution in [2.75, 3.05) is 0 Å². The lowest BCUT2D eigenvalue weighted by molar-refractivity contribution is -0.384. The molecule has 0 fully saturated rings. The Morgan fingerprint density at radius 1 is 1.37 bits per heavy atom. The van der Waals surface area contributed by atoms with Crippen molar-refractivity contribution in [2.45, 2.75) is 20.4 Å². The van der Waals surface area contributed by atoms with Crippen LogP contribution >= 0.6 is 0 Å². The van der Waals surface area contributed by atoms with Crippen LogP contribution in [0.5, 0.6) is 0 Å². The van der Waals surface area contributed by atoms with Gasteiger partial charge >= 0.3 is 6.03 Å². The number of carbonyl (C=O) groups excluding carboxylic acids is 2. The lowest BCUT2D eigenvalue weighted by Gasteiger charge is -2.08. The fourth-order valence-electron chi connectivity index (χ4n) is 1.26. The van der Waals surface area contributed by atoms with Crippen molar-refractivity contribution in [1.82, 2.24) is 10.6 Å². The summed E-state index contributed by atoms with van der Waals surface area (Å²) in [6, 6.07) is 5.30. The summed E-state index contributed by atoms with van der Waals surface area (Å²) in [7, 11) is 0. The minimum atomic E-state index is -0.620. The Kier molecular flexibility index (Phi) is 4.99. The van der Waals surface area contributed by atoms with E-state index in [4.69, 9.17) is 0 Å². The second-order valence-electron chi connectivity index (χ2n) is 4.25. The molecule has 1 aromatic carbocycles. The first-order valence-electron chi connectivity index (χ1n) is 5.72. The van der Waals surface area contributed by atoms with E-state index in [1.54, 1.807) is 19.9 Å². The number of non-ortho nitro benzene ring substituents is 1. The highest BCUT2D eigenvalue weighted by Crippen LogP contribution is 2.12. The third-order valence-corrected chi connectivity index (χ3v) is 2.34. The molecule has 3 amide bonds. The number of nitro benzene ring substituents is 1. The van der Waals surface area contributed by atoms with Gasteiger partial charge in [-0.15, -0.1) is 0 Å². The minimum absolute atomic E-state index is 0.0436. The van der Waals surface area contributed by atoms with Crippen molar-refractivity contribution in [3.8, 4) is 0 Å². The molecule has 0 unspecified atom stereocenters. The molecule has 1 aromatic rings. The standard InChI is InChI=1S/C12H15N3O4/c1-8(2)11(16)14-12(17)13-7-9-4-3-5-10(6-9)15(18)19/h3-6,8H,7H2,1-2H3,(H2,13,14,16,17). The number of benzene rings is 1. The first-order chi connectivity index (χ1) is 8.90. The van der Waals surface area contributed by atoms with Crippen LogP contribution in [0.3, 0.4) is 0 Å². The summed E-state index contributed by atoms with van der Waals surface area (Å²) in [4.78, 5) is 32.7. The first-order valence-corrected chi connectivity index (χ1v) is 5.72.